The van der Waals surface area contributed by atoms with E-state index in [-0.39, 0.29) is 12.3 Å². The maximum atomic E-state index is 13.6. The van der Waals surface area contributed by atoms with E-state index >= 15 is 0 Å². The van der Waals surface area contributed by atoms with E-state index in [9.17, 15) is 18.0 Å². The van der Waals surface area contributed by atoms with Crippen LogP contribution in [0, 0.1) is 17.5 Å². The largest absolute Gasteiger partial charge is 0.395 e. The molecule has 0 radical (unpaired) electrons. The molecule has 5 nitrogen and oxygen atoms in total. The number of piperazine rings is 1. The number of carbonyl (C=O) groups is 1. The fourth-order valence-electron chi connectivity index (χ4n) is 2.54. The highest BCUT2D eigenvalue weighted by atomic mass is 19.2. The molecule has 0 spiro atoms. The molecule has 1 amide bonds. The number of benzene rings is 1. The molecule has 0 aliphatic carbocycles. The summed E-state index contributed by atoms with van der Waals surface area (Å²) in [6.07, 6.45) is 0. The summed E-state index contributed by atoms with van der Waals surface area (Å²) in [5.41, 5.74) is -0.375. The van der Waals surface area contributed by atoms with Crippen molar-refractivity contribution in [2.24, 2.45) is 0 Å². The number of rotatable bonds is 5. The van der Waals surface area contributed by atoms with Gasteiger partial charge in [-0.25, -0.2) is 13.2 Å². The van der Waals surface area contributed by atoms with Crippen molar-refractivity contribution in [1.29, 1.82) is 0 Å². The van der Waals surface area contributed by atoms with Gasteiger partial charge in [-0.1, -0.05) is 0 Å². The number of aliphatic hydroxyl groups is 1. The van der Waals surface area contributed by atoms with E-state index in [2.05, 4.69) is 10.2 Å². The second-order valence-electron chi connectivity index (χ2n) is 5.49. The second-order valence-corrected chi connectivity index (χ2v) is 5.49. The van der Waals surface area contributed by atoms with Gasteiger partial charge in [0.25, 0.3) is 0 Å². The van der Waals surface area contributed by atoms with Gasteiger partial charge in [-0.3, -0.25) is 14.6 Å². The molecule has 0 saturated carbocycles. The monoisotopic (exact) mass is 331 g/mol. The summed E-state index contributed by atoms with van der Waals surface area (Å²) in [4.78, 5) is 16.2. The molecular weight excluding hydrogens is 311 g/mol. The first-order valence-electron chi connectivity index (χ1n) is 7.45. The third-order valence-electron chi connectivity index (χ3n) is 4.04. The van der Waals surface area contributed by atoms with Crippen LogP contribution in [0.2, 0.25) is 0 Å². The fourth-order valence-corrected chi connectivity index (χ4v) is 2.54. The van der Waals surface area contributed by atoms with Gasteiger partial charge in [0.15, 0.2) is 17.5 Å². The Morgan fingerprint density at radius 1 is 1.22 bits per heavy atom. The minimum Gasteiger partial charge on any atom is -0.395 e. The molecule has 1 unspecified atom stereocenters. The van der Waals surface area contributed by atoms with E-state index in [1.54, 1.807) is 6.92 Å². The Morgan fingerprint density at radius 3 is 2.48 bits per heavy atom. The minimum absolute atomic E-state index is 0.0887. The maximum absolute atomic E-state index is 13.6. The van der Waals surface area contributed by atoms with Crippen molar-refractivity contribution in [3.63, 3.8) is 0 Å². The zero-order valence-corrected chi connectivity index (χ0v) is 12.9. The molecule has 1 aliphatic heterocycles. The summed E-state index contributed by atoms with van der Waals surface area (Å²) in [6.45, 7) is 5.06. The number of hydrogen-bond acceptors (Lipinski definition) is 4. The Kier molecular flexibility index (Phi) is 5.97. The van der Waals surface area contributed by atoms with Gasteiger partial charge in [0.2, 0.25) is 5.91 Å². The van der Waals surface area contributed by atoms with E-state index in [1.807, 2.05) is 4.90 Å². The Morgan fingerprint density at radius 2 is 1.87 bits per heavy atom. The molecule has 1 aromatic carbocycles. The number of anilines is 1. The van der Waals surface area contributed by atoms with Crippen LogP contribution in [0.25, 0.3) is 0 Å². The van der Waals surface area contributed by atoms with Crippen LogP contribution in [-0.4, -0.2) is 66.2 Å². The SMILES string of the molecule is CC(C(=O)Nc1ccc(F)c(F)c1F)N1CCN(CCO)CC1. The van der Waals surface area contributed by atoms with Crippen molar-refractivity contribution < 1.29 is 23.1 Å². The Labute approximate surface area is 132 Å². The lowest BCUT2D eigenvalue weighted by Crippen LogP contribution is -2.53. The van der Waals surface area contributed by atoms with E-state index in [1.165, 1.54) is 0 Å². The van der Waals surface area contributed by atoms with Gasteiger partial charge in [0.1, 0.15) is 0 Å². The van der Waals surface area contributed by atoms with Crippen LogP contribution < -0.4 is 5.32 Å². The Balaban J connectivity index is 1.95. The molecule has 1 fully saturated rings. The topological polar surface area (TPSA) is 55.8 Å². The lowest BCUT2D eigenvalue weighted by Gasteiger charge is -2.37. The van der Waals surface area contributed by atoms with E-state index in [4.69, 9.17) is 5.11 Å². The molecular formula is C15H20F3N3O2. The summed E-state index contributed by atoms with van der Waals surface area (Å²) >= 11 is 0. The van der Waals surface area contributed by atoms with Crippen molar-refractivity contribution in [2.45, 2.75) is 13.0 Å². The van der Waals surface area contributed by atoms with Crippen LogP contribution in [-0.2, 0) is 4.79 Å². The second kappa shape index (κ2) is 7.76. The van der Waals surface area contributed by atoms with Gasteiger partial charge in [-0.05, 0) is 19.1 Å². The maximum Gasteiger partial charge on any atom is 0.241 e. The number of nitrogens with one attached hydrogen (secondary N) is 1. The van der Waals surface area contributed by atoms with E-state index in [0.717, 1.165) is 25.2 Å². The molecule has 0 bridgehead atoms. The number of β-amino-alcohol motifs (C(OH)–C–C–N with tert-alkyl or cyclic N) is 1. The van der Waals surface area contributed by atoms with Crippen LogP contribution in [0.1, 0.15) is 6.92 Å². The normalized spacial score (nSPS) is 18.0. The van der Waals surface area contributed by atoms with Crippen molar-refractivity contribution in [2.75, 3.05) is 44.6 Å². The lowest BCUT2D eigenvalue weighted by atomic mass is 10.2. The molecule has 1 heterocycles. The van der Waals surface area contributed by atoms with Gasteiger partial charge in [-0.2, -0.15) is 0 Å². The van der Waals surface area contributed by atoms with Crippen LogP contribution >= 0.6 is 0 Å². The van der Waals surface area contributed by atoms with Crippen LogP contribution in [0.5, 0.6) is 0 Å². The fraction of sp³-hybridized carbons (Fsp3) is 0.533. The Bertz CT molecular complexity index is 563. The quantitative estimate of drug-likeness (QED) is 0.792. The molecule has 2 N–H and O–H groups in total. The molecule has 1 aliphatic rings. The van der Waals surface area contributed by atoms with Crippen molar-refractivity contribution in [3.8, 4) is 0 Å². The molecule has 23 heavy (non-hydrogen) atoms. The number of nitrogens with zero attached hydrogens (tertiary/aromatic N) is 2. The number of aliphatic hydroxyl groups excluding tert-OH is 1. The third kappa shape index (κ3) is 4.21. The summed E-state index contributed by atoms with van der Waals surface area (Å²) in [5.74, 6) is -4.79. The first kappa shape index (κ1) is 17.7. The lowest BCUT2D eigenvalue weighted by molar-refractivity contribution is -0.121. The first-order chi connectivity index (χ1) is 10.9. The van der Waals surface area contributed by atoms with Gasteiger partial charge in [0, 0.05) is 32.7 Å². The van der Waals surface area contributed by atoms with Crippen LogP contribution in [0.3, 0.4) is 0 Å². The zero-order chi connectivity index (χ0) is 17.0. The van der Waals surface area contributed by atoms with Gasteiger partial charge >= 0.3 is 0 Å². The highest BCUT2D eigenvalue weighted by molar-refractivity contribution is 5.94. The number of hydrogen-bond donors (Lipinski definition) is 2. The zero-order valence-electron chi connectivity index (χ0n) is 12.9. The Hall–Kier alpha value is -1.64. The van der Waals surface area contributed by atoms with Crippen molar-refractivity contribution in [3.05, 3.63) is 29.6 Å². The van der Waals surface area contributed by atoms with Gasteiger partial charge in [0.05, 0.1) is 18.3 Å². The average molecular weight is 331 g/mol. The summed E-state index contributed by atoms with van der Waals surface area (Å²) in [6, 6.07) is 1.24. The number of halogens is 3. The molecule has 1 saturated heterocycles. The number of amides is 1. The highest BCUT2D eigenvalue weighted by Crippen LogP contribution is 2.20. The van der Waals surface area contributed by atoms with Crippen molar-refractivity contribution in [1.82, 2.24) is 9.80 Å². The predicted molar refractivity (Wildman–Crippen MR) is 79.5 cm³/mol. The average Bonchev–Trinajstić information content (AvgIpc) is 2.55. The minimum atomic E-state index is -1.60. The van der Waals surface area contributed by atoms with E-state index in [0.29, 0.717) is 19.6 Å². The van der Waals surface area contributed by atoms with E-state index < -0.39 is 29.4 Å². The van der Waals surface area contributed by atoms with Crippen LogP contribution in [0.15, 0.2) is 12.1 Å². The summed E-state index contributed by atoms with van der Waals surface area (Å²) in [7, 11) is 0. The third-order valence-corrected chi connectivity index (χ3v) is 4.04. The van der Waals surface area contributed by atoms with Crippen LogP contribution in [0.4, 0.5) is 18.9 Å². The number of carbonyl (C=O) groups excluding carboxylic acids is 1. The predicted octanol–water partition coefficient (Wildman–Crippen LogP) is 1.04. The first-order valence-corrected chi connectivity index (χ1v) is 7.45. The summed E-state index contributed by atoms with van der Waals surface area (Å²) in [5, 5.41) is 11.2. The molecule has 2 rings (SSSR count). The highest BCUT2D eigenvalue weighted by Gasteiger charge is 2.26. The molecule has 1 aromatic rings. The smallest absolute Gasteiger partial charge is 0.241 e. The van der Waals surface area contributed by atoms with Gasteiger partial charge < -0.3 is 10.4 Å². The molecule has 8 heteroatoms. The summed E-state index contributed by atoms with van der Waals surface area (Å²) < 4.78 is 39.7. The van der Waals surface area contributed by atoms with Crippen molar-refractivity contribution >= 4 is 11.6 Å². The molecule has 0 aromatic heterocycles. The molecule has 128 valence electrons. The standard InChI is InChI=1S/C15H20F3N3O2/c1-10(21-6-4-20(5-7-21)8-9-22)15(23)19-12-3-2-11(16)13(17)14(12)18/h2-3,10,22H,4-9H2,1H3,(H,19,23). The molecule has 1 atom stereocenters. The van der Waals surface area contributed by atoms with Gasteiger partial charge in [-0.15, -0.1) is 0 Å².